The third-order valence-corrected chi connectivity index (χ3v) is 2.71. The van der Waals surface area contributed by atoms with Crippen molar-refractivity contribution in [1.29, 1.82) is 0 Å². The zero-order chi connectivity index (χ0) is 14.4. The van der Waals surface area contributed by atoms with Gasteiger partial charge < -0.3 is 14.0 Å². The van der Waals surface area contributed by atoms with Crippen LogP contribution in [0.2, 0.25) is 0 Å². The summed E-state index contributed by atoms with van der Waals surface area (Å²) < 4.78 is 14.9. The molecular weight excluding hydrogens is 260 g/mol. The van der Waals surface area contributed by atoms with Crippen LogP contribution in [0.1, 0.15) is 23.7 Å². The molecule has 2 aromatic rings. The van der Waals surface area contributed by atoms with Crippen molar-refractivity contribution in [2.75, 3.05) is 7.11 Å². The highest BCUT2D eigenvalue weighted by molar-refractivity contribution is 5.69. The molecule has 2 rings (SSSR count). The van der Waals surface area contributed by atoms with E-state index in [0.29, 0.717) is 24.6 Å². The molecule has 0 spiro atoms. The largest absolute Gasteiger partial charge is 0.497 e. The van der Waals surface area contributed by atoms with Gasteiger partial charge in [-0.15, -0.1) is 0 Å². The van der Waals surface area contributed by atoms with Crippen LogP contribution in [-0.2, 0) is 22.6 Å². The number of esters is 1. The van der Waals surface area contributed by atoms with E-state index in [4.69, 9.17) is 14.0 Å². The fourth-order valence-corrected chi connectivity index (χ4v) is 1.66. The van der Waals surface area contributed by atoms with Crippen LogP contribution in [0.25, 0.3) is 0 Å². The molecule has 0 unspecified atom stereocenters. The predicted octanol–water partition coefficient (Wildman–Crippen LogP) is 2.06. The van der Waals surface area contributed by atoms with Crippen LogP contribution in [0, 0.1) is 6.92 Å². The molecule has 0 saturated heterocycles. The minimum atomic E-state index is -0.289. The third kappa shape index (κ3) is 4.08. The molecule has 6 nitrogen and oxygen atoms in total. The zero-order valence-electron chi connectivity index (χ0n) is 11.5. The molecule has 0 aliphatic rings. The number of aryl methyl sites for hydroxylation is 2. The molecule has 1 heterocycles. The summed E-state index contributed by atoms with van der Waals surface area (Å²) in [6.07, 6.45) is 0.928. The topological polar surface area (TPSA) is 74.5 Å². The number of carbonyl (C=O) groups excluding carboxylic acids is 1. The average Bonchev–Trinajstić information content (AvgIpc) is 2.89. The molecule has 0 saturated carbocycles. The lowest BCUT2D eigenvalue weighted by molar-refractivity contribution is -0.145. The van der Waals surface area contributed by atoms with Crippen LogP contribution in [0.15, 0.2) is 28.8 Å². The van der Waals surface area contributed by atoms with Crippen molar-refractivity contribution in [1.82, 2.24) is 10.1 Å². The van der Waals surface area contributed by atoms with E-state index in [1.165, 1.54) is 0 Å². The van der Waals surface area contributed by atoms with E-state index in [1.54, 1.807) is 14.0 Å². The lowest BCUT2D eigenvalue weighted by Gasteiger charge is -2.04. The predicted molar refractivity (Wildman–Crippen MR) is 70.1 cm³/mol. The fraction of sp³-hybridized carbons (Fsp3) is 0.357. The lowest BCUT2D eigenvalue weighted by atomic mass is 10.1. The minimum absolute atomic E-state index is 0.0405. The summed E-state index contributed by atoms with van der Waals surface area (Å²) in [6.45, 7) is 1.72. The first-order valence-corrected chi connectivity index (χ1v) is 6.25. The molecule has 0 fully saturated rings. The van der Waals surface area contributed by atoms with Gasteiger partial charge in [0.15, 0.2) is 6.61 Å². The van der Waals surface area contributed by atoms with E-state index in [9.17, 15) is 4.79 Å². The standard InChI is InChI=1S/C14H16N2O4/c1-10-15-13(16-20-10)9-19-14(17)8-5-11-3-6-12(18-2)7-4-11/h3-4,6-7H,5,8-9H2,1-2H3. The number of hydrogen-bond acceptors (Lipinski definition) is 6. The Kier molecular flexibility index (Phi) is 4.70. The van der Waals surface area contributed by atoms with Gasteiger partial charge in [-0.3, -0.25) is 4.79 Å². The van der Waals surface area contributed by atoms with Crippen LogP contribution >= 0.6 is 0 Å². The highest BCUT2D eigenvalue weighted by Gasteiger charge is 2.08. The minimum Gasteiger partial charge on any atom is -0.497 e. The Bertz CT molecular complexity index is 563. The van der Waals surface area contributed by atoms with Crippen molar-refractivity contribution >= 4 is 5.97 Å². The second-order valence-electron chi connectivity index (χ2n) is 4.24. The molecule has 0 aliphatic carbocycles. The molecular formula is C14H16N2O4. The summed E-state index contributed by atoms with van der Waals surface area (Å²) in [5.74, 6) is 1.33. The number of hydrogen-bond donors (Lipinski definition) is 0. The van der Waals surface area contributed by atoms with E-state index in [2.05, 4.69) is 10.1 Å². The monoisotopic (exact) mass is 276 g/mol. The van der Waals surface area contributed by atoms with E-state index in [0.717, 1.165) is 11.3 Å². The van der Waals surface area contributed by atoms with E-state index < -0.39 is 0 Å². The van der Waals surface area contributed by atoms with Crippen LogP contribution < -0.4 is 4.74 Å². The van der Waals surface area contributed by atoms with Crippen molar-refractivity contribution in [3.05, 3.63) is 41.5 Å². The van der Waals surface area contributed by atoms with Gasteiger partial charge >= 0.3 is 5.97 Å². The number of nitrogens with zero attached hydrogens (tertiary/aromatic N) is 2. The molecule has 0 aliphatic heterocycles. The summed E-state index contributed by atoms with van der Waals surface area (Å²) in [5, 5.41) is 3.65. The lowest BCUT2D eigenvalue weighted by Crippen LogP contribution is -2.06. The number of aromatic nitrogens is 2. The second-order valence-corrected chi connectivity index (χ2v) is 4.24. The first-order valence-electron chi connectivity index (χ1n) is 6.25. The summed E-state index contributed by atoms with van der Waals surface area (Å²) in [5.41, 5.74) is 1.05. The molecule has 0 bridgehead atoms. The molecule has 0 radical (unpaired) electrons. The van der Waals surface area contributed by atoms with Gasteiger partial charge in [0, 0.05) is 13.3 Å². The second kappa shape index (κ2) is 6.70. The van der Waals surface area contributed by atoms with E-state index in [1.807, 2.05) is 24.3 Å². The SMILES string of the molecule is COc1ccc(CCC(=O)OCc2noc(C)n2)cc1. The molecule has 20 heavy (non-hydrogen) atoms. The highest BCUT2D eigenvalue weighted by Crippen LogP contribution is 2.12. The number of ether oxygens (including phenoxy) is 2. The first-order chi connectivity index (χ1) is 9.67. The Hall–Kier alpha value is -2.37. The van der Waals surface area contributed by atoms with Crippen LogP contribution in [0.5, 0.6) is 5.75 Å². The van der Waals surface area contributed by atoms with Gasteiger partial charge in [-0.1, -0.05) is 17.3 Å². The number of carbonyl (C=O) groups is 1. The average molecular weight is 276 g/mol. The third-order valence-electron chi connectivity index (χ3n) is 2.71. The Labute approximate surface area is 116 Å². The molecule has 106 valence electrons. The van der Waals surface area contributed by atoms with Crippen molar-refractivity contribution in [2.45, 2.75) is 26.4 Å². The molecule has 6 heteroatoms. The van der Waals surface area contributed by atoms with Gasteiger partial charge in [0.05, 0.1) is 7.11 Å². The number of benzene rings is 1. The van der Waals surface area contributed by atoms with Gasteiger partial charge in [-0.25, -0.2) is 0 Å². The zero-order valence-corrected chi connectivity index (χ0v) is 11.5. The maximum atomic E-state index is 11.6. The first kappa shape index (κ1) is 14.0. The van der Waals surface area contributed by atoms with Gasteiger partial charge in [0.2, 0.25) is 11.7 Å². The number of methoxy groups -OCH3 is 1. The molecule has 1 aromatic heterocycles. The molecule has 0 atom stereocenters. The van der Waals surface area contributed by atoms with Gasteiger partial charge in [-0.2, -0.15) is 4.98 Å². The van der Waals surface area contributed by atoms with Crippen LogP contribution in [0.4, 0.5) is 0 Å². The Morgan fingerprint density at radius 1 is 1.30 bits per heavy atom. The number of rotatable bonds is 6. The maximum Gasteiger partial charge on any atom is 0.306 e. The van der Waals surface area contributed by atoms with Gasteiger partial charge in [-0.05, 0) is 24.1 Å². The Balaban J connectivity index is 1.74. The molecule has 1 aromatic carbocycles. The van der Waals surface area contributed by atoms with Crippen molar-refractivity contribution in [3.63, 3.8) is 0 Å². The highest BCUT2D eigenvalue weighted by atomic mass is 16.5. The van der Waals surface area contributed by atoms with Crippen LogP contribution in [0.3, 0.4) is 0 Å². The smallest absolute Gasteiger partial charge is 0.306 e. The summed E-state index contributed by atoms with van der Waals surface area (Å²) in [4.78, 5) is 15.5. The van der Waals surface area contributed by atoms with Crippen molar-refractivity contribution in [3.8, 4) is 5.75 Å². The van der Waals surface area contributed by atoms with E-state index >= 15 is 0 Å². The Morgan fingerprint density at radius 3 is 2.65 bits per heavy atom. The van der Waals surface area contributed by atoms with Crippen molar-refractivity contribution < 1.29 is 18.8 Å². The van der Waals surface area contributed by atoms with E-state index in [-0.39, 0.29) is 12.6 Å². The van der Waals surface area contributed by atoms with Crippen molar-refractivity contribution in [2.24, 2.45) is 0 Å². The normalized spacial score (nSPS) is 10.3. The van der Waals surface area contributed by atoms with Gasteiger partial charge in [0.1, 0.15) is 5.75 Å². The van der Waals surface area contributed by atoms with Gasteiger partial charge in [0.25, 0.3) is 0 Å². The fourth-order valence-electron chi connectivity index (χ4n) is 1.66. The Morgan fingerprint density at radius 2 is 2.05 bits per heavy atom. The maximum absolute atomic E-state index is 11.6. The summed E-state index contributed by atoms with van der Waals surface area (Å²) in [6, 6.07) is 7.58. The van der Waals surface area contributed by atoms with Crippen LogP contribution in [-0.4, -0.2) is 23.2 Å². The molecule has 0 N–H and O–H groups in total. The molecule has 0 amide bonds. The summed E-state index contributed by atoms with van der Waals surface area (Å²) >= 11 is 0. The summed E-state index contributed by atoms with van der Waals surface area (Å²) in [7, 11) is 1.62. The quantitative estimate of drug-likeness (QED) is 0.752.